The second kappa shape index (κ2) is 3.67. The molecular formula is C9H11NO3S. The van der Waals surface area contributed by atoms with Crippen molar-refractivity contribution in [2.75, 3.05) is 13.2 Å². The van der Waals surface area contributed by atoms with E-state index in [1.54, 1.807) is 0 Å². The second-order valence-corrected chi connectivity index (χ2v) is 4.52. The van der Waals surface area contributed by atoms with E-state index in [9.17, 15) is 4.79 Å². The smallest absolute Gasteiger partial charge is 0.347 e. The molecule has 0 aliphatic carbocycles. The van der Waals surface area contributed by atoms with Crippen LogP contribution in [0.4, 0.5) is 0 Å². The van der Waals surface area contributed by atoms with Gasteiger partial charge in [-0.3, -0.25) is 0 Å². The van der Waals surface area contributed by atoms with E-state index in [-0.39, 0.29) is 5.92 Å². The maximum atomic E-state index is 10.9. The minimum atomic E-state index is -0.877. The van der Waals surface area contributed by atoms with E-state index in [2.05, 4.69) is 4.98 Å². The Morgan fingerprint density at radius 1 is 1.71 bits per heavy atom. The van der Waals surface area contributed by atoms with Gasteiger partial charge >= 0.3 is 5.97 Å². The molecule has 1 atom stereocenters. The first-order valence-corrected chi connectivity index (χ1v) is 5.28. The molecule has 76 valence electrons. The van der Waals surface area contributed by atoms with Gasteiger partial charge in [0.15, 0.2) is 0 Å². The molecule has 1 N–H and O–H groups in total. The molecule has 0 spiro atoms. The molecule has 5 heteroatoms. The zero-order valence-electron chi connectivity index (χ0n) is 7.82. The van der Waals surface area contributed by atoms with Gasteiger partial charge < -0.3 is 9.84 Å². The summed E-state index contributed by atoms with van der Waals surface area (Å²) in [5.41, 5.74) is 0.706. The molecule has 0 radical (unpaired) electrons. The number of aryl methyl sites for hydroxylation is 1. The van der Waals surface area contributed by atoms with Crippen LogP contribution in [0.1, 0.15) is 32.7 Å². The summed E-state index contributed by atoms with van der Waals surface area (Å²) < 4.78 is 5.23. The lowest BCUT2D eigenvalue weighted by Gasteiger charge is -2.03. The van der Waals surface area contributed by atoms with Crippen molar-refractivity contribution in [3.8, 4) is 0 Å². The fourth-order valence-electron chi connectivity index (χ4n) is 1.62. The monoisotopic (exact) mass is 213 g/mol. The van der Waals surface area contributed by atoms with Crippen LogP contribution in [0.2, 0.25) is 0 Å². The SMILES string of the molecule is Cc1nc(C2CCOC2)c(C(=O)O)s1. The summed E-state index contributed by atoms with van der Waals surface area (Å²) in [6.45, 7) is 3.14. The van der Waals surface area contributed by atoms with E-state index >= 15 is 0 Å². The summed E-state index contributed by atoms with van der Waals surface area (Å²) >= 11 is 1.24. The molecule has 0 saturated carbocycles. The lowest BCUT2D eigenvalue weighted by molar-refractivity contribution is 0.0700. The number of rotatable bonds is 2. The molecule has 1 unspecified atom stereocenters. The van der Waals surface area contributed by atoms with Crippen LogP contribution in [0.3, 0.4) is 0 Å². The average molecular weight is 213 g/mol. The summed E-state index contributed by atoms with van der Waals surface area (Å²) in [5.74, 6) is -0.705. The standard InChI is InChI=1S/C9H11NO3S/c1-5-10-7(6-2-3-13-4-6)8(14-5)9(11)12/h6H,2-4H2,1H3,(H,11,12). The first kappa shape index (κ1) is 9.61. The molecule has 0 aromatic carbocycles. The fraction of sp³-hybridized carbons (Fsp3) is 0.556. The van der Waals surface area contributed by atoms with Crippen LogP contribution in [0, 0.1) is 6.92 Å². The van der Waals surface area contributed by atoms with Gasteiger partial charge in [0.25, 0.3) is 0 Å². The maximum absolute atomic E-state index is 10.9. The van der Waals surface area contributed by atoms with Gasteiger partial charge in [-0.1, -0.05) is 0 Å². The Bertz CT molecular complexity index is 355. The Labute approximate surface area is 85.5 Å². The maximum Gasteiger partial charge on any atom is 0.347 e. The number of carbonyl (C=O) groups is 1. The van der Waals surface area contributed by atoms with Crippen LogP contribution in [0.25, 0.3) is 0 Å². The molecule has 1 aliphatic rings. The number of aromatic carboxylic acids is 1. The molecule has 1 aromatic rings. The van der Waals surface area contributed by atoms with Crippen molar-refractivity contribution in [2.24, 2.45) is 0 Å². The average Bonchev–Trinajstić information content (AvgIpc) is 2.70. The number of ether oxygens (including phenoxy) is 1. The first-order valence-electron chi connectivity index (χ1n) is 4.47. The van der Waals surface area contributed by atoms with E-state index in [0.717, 1.165) is 11.4 Å². The lowest BCUT2D eigenvalue weighted by Crippen LogP contribution is -2.05. The molecule has 1 aliphatic heterocycles. The molecule has 14 heavy (non-hydrogen) atoms. The summed E-state index contributed by atoms with van der Waals surface area (Å²) in [7, 11) is 0. The number of carboxylic acid groups (broad SMARTS) is 1. The predicted octanol–water partition coefficient (Wildman–Crippen LogP) is 1.65. The summed E-state index contributed by atoms with van der Waals surface area (Å²) in [5, 5.41) is 9.78. The van der Waals surface area contributed by atoms with E-state index in [1.165, 1.54) is 11.3 Å². The highest BCUT2D eigenvalue weighted by Crippen LogP contribution is 2.30. The second-order valence-electron chi connectivity index (χ2n) is 3.31. The van der Waals surface area contributed by atoms with Crippen LogP contribution >= 0.6 is 11.3 Å². The zero-order chi connectivity index (χ0) is 10.1. The zero-order valence-corrected chi connectivity index (χ0v) is 8.63. The first-order chi connectivity index (χ1) is 6.68. The molecule has 1 aromatic heterocycles. The van der Waals surface area contributed by atoms with Crippen molar-refractivity contribution in [1.29, 1.82) is 0 Å². The van der Waals surface area contributed by atoms with Crippen molar-refractivity contribution in [3.05, 3.63) is 15.6 Å². The van der Waals surface area contributed by atoms with E-state index < -0.39 is 5.97 Å². The third-order valence-corrected chi connectivity index (χ3v) is 3.25. The number of hydrogen-bond acceptors (Lipinski definition) is 4. The Morgan fingerprint density at radius 3 is 3.07 bits per heavy atom. The van der Waals surface area contributed by atoms with E-state index in [0.29, 0.717) is 23.8 Å². The lowest BCUT2D eigenvalue weighted by atomic mass is 10.0. The molecule has 0 bridgehead atoms. The van der Waals surface area contributed by atoms with Crippen LogP contribution in [-0.2, 0) is 4.74 Å². The van der Waals surface area contributed by atoms with Gasteiger partial charge in [-0.15, -0.1) is 11.3 Å². The van der Waals surface area contributed by atoms with Crippen LogP contribution < -0.4 is 0 Å². The van der Waals surface area contributed by atoms with Gasteiger partial charge in [-0.05, 0) is 13.3 Å². The quantitative estimate of drug-likeness (QED) is 0.811. The van der Waals surface area contributed by atoms with Crippen molar-refractivity contribution in [3.63, 3.8) is 0 Å². The number of thiazole rings is 1. The van der Waals surface area contributed by atoms with Crippen LogP contribution in [-0.4, -0.2) is 29.3 Å². The van der Waals surface area contributed by atoms with Gasteiger partial charge in [0.05, 0.1) is 17.3 Å². The minimum Gasteiger partial charge on any atom is -0.477 e. The number of carboxylic acids is 1. The van der Waals surface area contributed by atoms with Crippen molar-refractivity contribution < 1.29 is 14.6 Å². The van der Waals surface area contributed by atoms with Gasteiger partial charge in [-0.25, -0.2) is 9.78 Å². The van der Waals surface area contributed by atoms with Gasteiger partial charge in [0.1, 0.15) is 4.88 Å². The molecule has 1 fully saturated rings. The number of aromatic nitrogens is 1. The topological polar surface area (TPSA) is 59.4 Å². The summed E-state index contributed by atoms with van der Waals surface area (Å²) in [6.07, 6.45) is 0.878. The minimum absolute atomic E-state index is 0.172. The predicted molar refractivity (Wildman–Crippen MR) is 52.0 cm³/mol. The number of nitrogens with zero attached hydrogens (tertiary/aromatic N) is 1. The van der Waals surface area contributed by atoms with Crippen molar-refractivity contribution >= 4 is 17.3 Å². The number of hydrogen-bond donors (Lipinski definition) is 1. The van der Waals surface area contributed by atoms with E-state index in [1.807, 2.05) is 6.92 Å². The van der Waals surface area contributed by atoms with Crippen LogP contribution in [0.5, 0.6) is 0 Å². The third kappa shape index (κ3) is 1.65. The highest BCUT2D eigenvalue weighted by molar-refractivity contribution is 7.13. The molecule has 1 saturated heterocycles. The Balaban J connectivity index is 2.35. The third-order valence-electron chi connectivity index (χ3n) is 2.27. The fourth-order valence-corrected chi connectivity index (χ4v) is 2.47. The van der Waals surface area contributed by atoms with Gasteiger partial charge in [0.2, 0.25) is 0 Å². The normalized spacial score (nSPS) is 21.4. The molecule has 0 amide bonds. The van der Waals surface area contributed by atoms with E-state index in [4.69, 9.17) is 9.84 Å². The summed E-state index contributed by atoms with van der Waals surface area (Å²) in [6, 6.07) is 0. The molecule has 2 heterocycles. The highest BCUT2D eigenvalue weighted by atomic mass is 32.1. The molecular weight excluding hydrogens is 202 g/mol. The largest absolute Gasteiger partial charge is 0.477 e. The van der Waals surface area contributed by atoms with Crippen molar-refractivity contribution in [2.45, 2.75) is 19.3 Å². The Kier molecular flexibility index (Phi) is 2.52. The van der Waals surface area contributed by atoms with Crippen molar-refractivity contribution in [1.82, 2.24) is 4.98 Å². The Morgan fingerprint density at radius 2 is 2.50 bits per heavy atom. The van der Waals surface area contributed by atoms with Crippen LogP contribution in [0.15, 0.2) is 0 Å². The van der Waals surface area contributed by atoms with Gasteiger partial charge in [0, 0.05) is 12.5 Å². The molecule has 2 rings (SSSR count). The van der Waals surface area contributed by atoms with Gasteiger partial charge in [-0.2, -0.15) is 0 Å². The Hall–Kier alpha value is -0.940. The summed E-state index contributed by atoms with van der Waals surface area (Å²) in [4.78, 5) is 15.6. The molecule has 4 nitrogen and oxygen atoms in total. The highest BCUT2D eigenvalue weighted by Gasteiger charge is 2.26.